The van der Waals surface area contributed by atoms with Crippen molar-refractivity contribution >= 4 is 17.7 Å². The SMILES string of the molecule is COc1ccc(Cl)cc1C#CCCNC(=O)OC(C)(C)C. The van der Waals surface area contributed by atoms with Gasteiger partial charge in [0.15, 0.2) is 0 Å². The third kappa shape index (κ3) is 6.92. The number of benzene rings is 1. The average molecular weight is 310 g/mol. The molecule has 1 rings (SSSR count). The summed E-state index contributed by atoms with van der Waals surface area (Å²) in [7, 11) is 1.58. The maximum absolute atomic E-state index is 11.4. The summed E-state index contributed by atoms with van der Waals surface area (Å²) in [5.74, 6) is 6.61. The number of hydrogen-bond acceptors (Lipinski definition) is 3. The minimum absolute atomic E-state index is 0.421. The van der Waals surface area contributed by atoms with E-state index in [4.69, 9.17) is 21.1 Å². The fraction of sp³-hybridized carbons (Fsp3) is 0.438. The topological polar surface area (TPSA) is 47.6 Å². The van der Waals surface area contributed by atoms with Crippen LogP contribution in [0.2, 0.25) is 5.02 Å². The molecule has 4 nitrogen and oxygen atoms in total. The molecule has 0 aliphatic heterocycles. The standard InChI is InChI=1S/C16H20ClNO3/c1-16(2,3)21-15(19)18-10-6-5-7-12-11-13(17)8-9-14(12)20-4/h8-9,11H,6,10H2,1-4H3,(H,18,19). The maximum atomic E-state index is 11.4. The van der Waals surface area contributed by atoms with Crippen molar-refractivity contribution in [1.82, 2.24) is 5.32 Å². The molecule has 1 aromatic carbocycles. The van der Waals surface area contributed by atoms with Gasteiger partial charge in [-0.1, -0.05) is 23.4 Å². The van der Waals surface area contributed by atoms with E-state index in [9.17, 15) is 4.79 Å². The molecule has 1 aromatic rings. The fourth-order valence-electron chi connectivity index (χ4n) is 1.48. The van der Waals surface area contributed by atoms with Crippen molar-refractivity contribution in [3.8, 4) is 17.6 Å². The summed E-state index contributed by atoms with van der Waals surface area (Å²) >= 11 is 5.92. The third-order valence-corrected chi connectivity index (χ3v) is 2.54. The molecule has 0 aliphatic rings. The molecule has 1 N–H and O–H groups in total. The minimum atomic E-state index is -0.496. The van der Waals surface area contributed by atoms with E-state index in [0.29, 0.717) is 23.7 Å². The van der Waals surface area contributed by atoms with E-state index >= 15 is 0 Å². The van der Waals surface area contributed by atoms with Gasteiger partial charge in [0.25, 0.3) is 0 Å². The monoisotopic (exact) mass is 309 g/mol. The number of ether oxygens (including phenoxy) is 2. The Morgan fingerprint density at radius 3 is 2.71 bits per heavy atom. The number of alkyl carbamates (subject to hydrolysis) is 1. The molecule has 0 saturated carbocycles. The Bertz CT molecular complexity index is 553. The second-order valence-corrected chi connectivity index (χ2v) is 5.76. The summed E-state index contributed by atoms with van der Waals surface area (Å²) < 4.78 is 10.3. The Morgan fingerprint density at radius 1 is 1.38 bits per heavy atom. The lowest BCUT2D eigenvalue weighted by Gasteiger charge is -2.19. The van der Waals surface area contributed by atoms with Crippen LogP contribution in [0.5, 0.6) is 5.75 Å². The predicted octanol–water partition coefficient (Wildman–Crippen LogP) is 3.61. The van der Waals surface area contributed by atoms with Crippen LogP contribution >= 0.6 is 11.6 Å². The first kappa shape index (κ1) is 17.2. The largest absolute Gasteiger partial charge is 0.495 e. The van der Waals surface area contributed by atoms with Crippen molar-refractivity contribution in [2.75, 3.05) is 13.7 Å². The van der Waals surface area contributed by atoms with Crippen LogP contribution in [0.1, 0.15) is 32.8 Å². The Morgan fingerprint density at radius 2 is 2.10 bits per heavy atom. The highest BCUT2D eigenvalue weighted by atomic mass is 35.5. The molecule has 5 heteroatoms. The highest BCUT2D eigenvalue weighted by molar-refractivity contribution is 6.30. The minimum Gasteiger partial charge on any atom is -0.495 e. The summed E-state index contributed by atoms with van der Waals surface area (Å²) in [4.78, 5) is 11.4. The van der Waals surface area contributed by atoms with Crippen molar-refractivity contribution in [3.63, 3.8) is 0 Å². The lowest BCUT2D eigenvalue weighted by Crippen LogP contribution is -2.32. The highest BCUT2D eigenvalue weighted by Gasteiger charge is 2.15. The van der Waals surface area contributed by atoms with Crippen LogP contribution in [0.3, 0.4) is 0 Å². The predicted molar refractivity (Wildman–Crippen MR) is 83.7 cm³/mol. The molecule has 0 atom stereocenters. The molecule has 0 bridgehead atoms. The molecule has 0 aliphatic carbocycles. The van der Waals surface area contributed by atoms with Gasteiger partial charge in [-0.15, -0.1) is 0 Å². The van der Waals surface area contributed by atoms with E-state index in [1.54, 1.807) is 25.3 Å². The van der Waals surface area contributed by atoms with Crippen LogP contribution < -0.4 is 10.1 Å². The number of hydrogen-bond donors (Lipinski definition) is 1. The van der Waals surface area contributed by atoms with Crippen molar-refractivity contribution < 1.29 is 14.3 Å². The molecule has 21 heavy (non-hydrogen) atoms. The van der Waals surface area contributed by atoms with Gasteiger partial charge >= 0.3 is 6.09 Å². The number of carbonyl (C=O) groups excluding carboxylic acids is 1. The van der Waals surface area contributed by atoms with Gasteiger partial charge in [0.05, 0.1) is 12.7 Å². The molecule has 0 fully saturated rings. The first-order valence-electron chi connectivity index (χ1n) is 6.61. The normalized spacial score (nSPS) is 10.3. The van der Waals surface area contributed by atoms with E-state index in [2.05, 4.69) is 17.2 Å². The molecular formula is C16H20ClNO3. The van der Waals surface area contributed by atoms with Gasteiger partial charge in [0, 0.05) is 18.0 Å². The second-order valence-electron chi connectivity index (χ2n) is 5.33. The van der Waals surface area contributed by atoms with Crippen LogP contribution in [0.4, 0.5) is 4.79 Å². The van der Waals surface area contributed by atoms with Crippen molar-refractivity contribution in [2.24, 2.45) is 0 Å². The van der Waals surface area contributed by atoms with Gasteiger partial charge in [-0.2, -0.15) is 0 Å². The van der Waals surface area contributed by atoms with Gasteiger partial charge in [-0.05, 0) is 39.0 Å². The lowest BCUT2D eigenvalue weighted by atomic mass is 10.2. The summed E-state index contributed by atoms with van der Waals surface area (Å²) in [6.07, 6.45) is 0.0687. The maximum Gasteiger partial charge on any atom is 0.407 e. The number of carbonyl (C=O) groups is 1. The first-order valence-corrected chi connectivity index (χ1v) is 6.99. The lowest BCUT2D eigenvalue weighted by molar-refractivity contribution is 0.0529. The zero-order chi connectivity index (χ0) is 15.9. The summed E-state index contributed by atoms with van der Waals surface area (Å²) in [5.41, 5.74) is 0.228. The smallest absolute Gasteiger partial charge is 0.407 e. The number of halogens is 1. The Labute approximate surface area is 130 Å². The molecule has 0 saturated heterocycles. The molecule has 114 valence electrons. The van der Waals surface area contributed by atoms with Crippen molar-refractivity contribution in [2.45, 2.75) is 32.8 Å². The Kier molecular flexibility index (Phi) is 6.39. The number of methoxy groups -OCH3 is 1. The Balaban J connectivity index is 2.47. The average Bonchev–Trinajstić information content (AvgIpc) is 2.36. The van der Waals surface area contributed by atoms with Gasteiger partial charge in [-0.25, -0.2) is 4.79 Å². The zero-order valence-corrected chi connectivity index (χ0v) is 13.5. The Hall–Kier alpha value is -1.86. The molecule has 0 spiro atoms. The van der Waals surface area contributed by atoms with E-state index in [1.807, 2.05) is 20.8 Å². The zero-order valence-electron chi connectivity index (χ0n) is 12.7. The summed E-state index contributed by atoms with van der Waals surface area (Å²) in [5, 5.41) is 3.25. The van der Waals surface area contributed by atoms with Crippen LogP contribution in [0.25, 0.3) is 0 Å². The van der Waals surface area contributed by atoms with Crippen molar-refractivity contribution in [1.29, 1.82) is 0 Å². The molecule has 0 aromatic heterocycles. The van der Waals surface area contributed by atoms with E-state index in [-0.39, 0.29) is 0 Å². The van der Waals surface area contributed by atoms with E-state index < -0.39 is 11.7 Å². The summed E-state index contributed by atoms with van der Waals surface area (Å²) in [6.45, 7) is 5.87. The molecule has 0 radical (unpaired) electrons. The van der Waals surface area contributed by atoms with Crippen LogP contribution in [0, 0.1) is 11.8 Å². The summed E-state index contributed by atoms with van der Waals surface area (Å²) in [6, 6.07) is 5.26. The molecule has 1 amide bonds. The van der Waals surface area contributed by atoms with Gasteiger partial charge < -0.3 is 14.8 Å². The molecule has 0 heterocycles. The van der Waals surface area contributed by atoms with E-state index in [1.165, 1.54) is 0 Å². The third-order valence-electron chi connectivity index (χ3n) is 2.30. The number of rotatable bonds is 3. The molecule has 0 unspecified atom stereocenters. The van der Waals surface area contributed by atoms with E-state index in [0.717, 1.165) is 5.56 Å². The quantitative estimate of drug-likeness (QED) is 0.685. The van der Waals surface area contributed by atoms with Crippen LogP contribution in [-0.2, 0) is 4.74 Å². The number of amides is 1. The van der Waals surface area contributed by atoms with Gasteiger partial charge in [0.2, 0.25) is 0 Å². The second kappa shape index (κ2) is 7.80. The highest BCUT2D eigenvalue weighted by Crippen LogP contribution is 2.21. The number of nitrogens with one attached hydrogen (secondary N) is 1. The first-order chi connectivity index (χ1) is 9.81. The van der Waals surface area contributed by atoms with Crippen LogP contribution in [-0.4, -0.2) is 25.3 Å². The fourth-order valence-corrected chi connectivity index (χ4v) is 1.65. The van der Waals surface area contributed by atoms with Gasteiger partial charge in [0.1, 0.15) is 11.4 Å². The molecular weight excluding hydrogens is 290 g/mol. The van der Waals surface area contributed by atoms with Crippen molar-refractivity contribution in [3.05, 3.63) is 28.8 Å². The van der Waals surface area contributed by atoms with Gasteiger partial charge in [-0.3, -0.25) is 0 Å². The van der Waals surface area contributed by atoms with Crippen LogP contribution in [0.15, 0.2) is 18.2 Å².